The van der Waals surface area contributed by atoms with E-state index in [0.29, 0.717) is 28.9 Å². The highest BCUT2D eigenvalue weighted by atomic mass is 16.5. The zero-order valence-corrected chi connectivity index (χ0v) is 9.61. The molecule has 0 aromatic heterocycles. The molecule has 0 aliphatic carbocycles. The first-order valence-electron chi connectivity index (χ1n) is 4.83. The van der Waals surface area contributed by atoms with Crippen molar-refractivity contribution in [3.8, 4) is 29.4 Å². The van der Waals surface area contributed by atoms with Crippen LogP contribution in [-0.4, -0.2) is 20.5 Å². The molecular weight excluding hydrogens is 218 g/mol. The van der Waals surface area contributed by atoms with Crippen molar-refractivity contribution in [3.63, 3.8) is 0 Å². The molecule has 4 heteroatoms. The summed E-state index contributed by atoms with van der Waals surface area (Å²) in [6, 6.07) is 5.08. The highest BCUT2D eigenvalue weighted by Gasteiger charge is 2.08. The minimum atomic E-state index is 0.118. The molecule has 0 bridgehead atoms. The molecule has 0 amide bonds. The molecular formula is C13H11NO3. The number of methoxy groups -OCH3 is 2. The first-order chi connectivity index (χ1) is 8.26. The van der Waals surface area contributed by atoms with Gasteiger partial charge in [0.2, 0.25) is 0 Å². The van der Waals surface area contributed by atoms with Gasteiger partial charge < -0.3 is 9.47 Å². The van der Waals surface area contributed by atoms with Crippen LogP contribution in [0.15, 0.2) is 12.1 Å². The SMILES string of the molecule is COc1cc(C#CCC#N)c(C=O)cc1OC. The number of benzene rings is 1. The maximum absolute atomic E-state index is 10.9. The topological polar surface area (TPSA) is 59.3 Å². The first-order valence-corrected chi connectivity index (χ1v) is 4.83. The molecule has 0 aliphatic rings. The lowest BCUT2D eigenvalue weighted by Gasteiger charge is -2.08. The largest absolute Gasteiger partial charge is 0.493 e. The Labute approximate surface area is 99.8 Å². The fourth-order valence-electron chi connectivity index (χ4n) is 1.28. The lowest BCUT2D eigenvalue weighted by atomic mass is 10.1. The summed E-state index contributed by atoms with van der Waals surface area (Å²) >= 11 is 0. The Morgan fingerprint density at radius 2 is 1.94 bits per heavy atom. The van der Waals surface area contributed by atoms with Gasteiger partial charge in [0.25, 0.3) is 0 Å². The summed E-state index contributed by atoms with van der Waals surface area (Å²) in [6.45, 7) is 0. The highest BCUT2D eigenvalue weighted by molar-refractivity contribution is 5.81. The average Bonchev–Trinajstić information content (AvgIpc) is 2.38. The van der Waals surface area contributed by atoms with Crippen LogP contribution in [0.1, 0.15) is 22.3 Å². The monoisotopic (exact) mass is 229 g/mol. The highest BCUT2D eigenvalue weighted by Crippen LogP contribution is 2.29. The molecule has 0 saturated heterocycles. The molecule has 0 atom stereocenters. The third-order valence-corrected chi connectivity index (χ3v) is 2.07. The second kappa shape index (κ2) is 6.19. The molecule has 0 unspecified atom stereocenters. The average molecular weight is 229 g/mol. The van der Waals surface area contributed by atoms with Gasteiger partial charge in [0.1, 0.15) is 0 Å². The van der Waals surface area contributed by atoms with Crippen LogP contribution in [0.4, 0.5) is 0 Å². The number of carbonyl (C=O) groups is 1. The van der Waals surface area contributed by atoms with E-state index in [1.165, 1.54) is 14.2 Å². The van der Waals surface area contributed by atoms with Crippen molar-refractivity contribution < 1.29 is 14.3 Å². The predicted octanol–water partition coefficient (Wildman–Crippen LogP) is 1.78. The number of hydrogen-bond donors (Lipinski definition) is 0. The lowest BCUT2D eigenvalue weighted by Crippen LogP contribution is -1.95. The van der Waals surface area contributed by atoms with Gasteiger partial charge >= 0.3 is 0 Å². The Hall–Kier alpha value is -2.46. The molecule has 0 fully saturated rings. The van der Waals surface area contributed by atoms with Gasteiger partial charge in [-0.05, 0) is 6.07 Å². The van der Waals surface area contributed by atoms with Crippen LogP contribution in [0.5, 0.6) is 11.5 Å². The van der Waals surface area contributed by atoms with Crippen molar-refractivity contribution in [1.82, 2.24) is 0 Å². The van der Waals surface area contributed by atoms with E-state index in [4.69, 9.17) is 14.7 Å². The molecule has 4 nitrogen and oxygen atoms in total. The van der Waals surface area contributed by atoms with Crippen LogP contribution in [0.2, 0.25) is 0 Å². The Morgan fingerprint density at radius 3 is 2.47 bits per heavy atom. The van der Waals surface area contributed by atoms with E-state index < -0.39 is 0 Å². The Morgan fingerprint density at radius 1 is 1.29 bits per heavy atom. The Kier molecular flexibility index (Phi) is 4.59. The van der Waals surface area contributed by atoms with Crippen molar-refractivity contribution in [2.24, 2.45) is 0 Å². The molecule has 17 heavy (non-hydrogen) atoms. The van der Waals surface area contributed by atoms with E-state index in [2.05, 4.69) is 11.8 Å². The van der Waals surface area contributed by atoms with E-state index >= 15 is 0 Å². The number of rotatable bonds is 3. The van der Waals surface area contributed by atoms with Gasteiger partial charge in [-0.3, -0.25) is 4.79 Å². The van der Waals surface area contributed by atoms with Crippen molar-refractivity contribution in [3.05, 3.63) is 23.3 Å². The quantitative estimate of drug-likeness (QED) is 0.585. The van der Waals surface area contributed by atoms with Crippen LogP contribution in [0, 0.1) is 23.2 Å². The number of carbonyl (C=O) groups excluding carboxylic acids is 1. The minimum absolute atomic E-state index is 0.118. The lowest BCUT2D eigenvalue weighted by molar-refractivity contribution is 0.112. The Balaban J connectivity index is 3.26. The van der Waals surface area contributed by atoms with Crippen LogP contribution < -0.4 is 9.47 Å². The number of nitriles is 1. The van der Waals surface area contributed by atoms with Gasteiger partial charge in [-0.2, -0.15) is 5.26 Å². The van der Waals surface area contributed by atoms with Crippen molar-refractivity contribution in [2.75, 3.05) is 14.2 Å². The van der Waals surface area contributed by atoms with E-state index in [-0.39, 0.29) is 6.42 Å². The second-order valence-corrected chi connectivity index (χ2v) is 3.05. The fourth-order valence-corrected chi connectivity index (χ4v) is 1.28. The number of hydrogen-bond acceptors (Lipinski definition) is 4. The van der Waals surface area contributed by atoms with Crippen molar-refractivity contribution in [1.29, 1.82) is 5.26 Å². The van der Waals surface area contributed by atoms with Gasteiger partial charge in [-0.15, -0.1) is 0 Å². The zero-order chi connectivity index (χ0) is 12.7. The molecule has 0 radical (unpaired) electrons. The van der Waals surface area contributed by atoms with E-state index in [0.717, 1.165) is 0 Å². The minimum Gasteiger partial charge on any atom is -0.493 e. The zero-order valence-electron chi connectivity index (χ0n) is 9.61. The van der Waals surface area contributed by atoms with Gasteiger partial charge in [0, 0.05) is 17.2 Å². The second-order valence-electron chi connectivity index (χ2n) is 3.05. The van der Waals surface area contributed by atoms with E-state index in [9.17, 15) is 4.79 Å². The molecule has 86 valence electrons. The van der Waals surface area contributed by atoms with Gasteiger partial charge in [-0.1, -0.05) is 11.8 Å². The molecule has 0 saturated carbocycles. The van der Waals surface area contributed by atoms with Crippen LogP contribution in [0.25, 0.3) is 0 Å². The third-order valence-electron chi connectivity index (χ3n) is 2.07. The number of aldehydes is 1. The summed E-state index contributed by atoms with van der Waals surface area (Å²) in [7, 11) is 3.00. The molecule has 1 rings (SSSR count). The predicted molar refractivity (Wildman–Crippen MR) is 62.0 cm³/mol. The summed E-state index contributed by atoms with van der Waals surface area (Å²) in [6.07, 6.45) is 0.811. The maximum atomic E-state index is 10.9. The summed E-state index contributed by atoms with van der Waals surface area (Å²) in [5, 5.41) is 8.39. The molecule has 1 aromatic carbocycles. The Bertz CT molecular complexity index is 518. The molecule has 0 spiro atoms. The van der Waals surface area contributed by atoms with E-state index in [1.807, 2.05) is 6.07 Å². The smallest absolute Gasteiger partial charge is 0.162 e. The molecule has 1 aromatic rings. The standard InChI is InChI=1S/C13H11NO3/c1-16-12-7-10(5-3-4-6-14)11(9-15)8-13(12)17-2/h7-9H,4H2,1-2H3. The maximum Gasteiger partial charge on any atom is 0.162 e. The van der Waals surface area contributed by atoms with E-state index in [1.54, 1.807) is 12.1 Å². The third kappa shape index (κ3) is 2.99. The van der Waals surface area contributed by atoms with Crippen LogP contribution in [0.3, 0.4) is 0 Å². The summed E-state index contributed by atoms with van der Waals surface area (Å²) in [4.78, 5) is 10.9. The normalized spacial score (nSPS) is 8.53. The van der Waals surface area contributed by atoms with Crippen LogP contribution in [-0.2, 0) is 0 Å². The summed E-state index contributed by atoms with van der Waals surface area (Å²) in [5.41, 5.74) is 0.931. The number of ether oxygens (including phenoxy) is 2. The molecule has 0 N–H and O–H groups in total. The van der Waals surface area contributed by atoms with Gasteiger partial charge in [-0.25, -0.2) is 0 Å². The van der Waals surface area contributed by atoms with Crippen LogP contribution >= 0.6 is 0 Å². The molecule has 0 heterocycles. The molecule has 0 aliphatic heterocycles. The number of nitrogens with zero attached hydrogens (tertiary/aromatic N) is 1. The van der Waals surface area contributed by atoms with Crippen molar-refractivity contribution in [2.45, 2.75) is 6.42 Å². The fraction of sp³-hybridized carbons (Fsp3) is 0.231. The van der Waals surface area contributed by atoms with Crippen molar-refractivity contribution >= 4 is 6.29 Å². The summed E-state index contributed by atoms with van der Waals surface area (Å²) in [5.74, 6) is 6.37. The van der Waals surface area contributed by atoms with Gasteiger partial charge in [0.15, 0.2) is 17.8 Å². The summed E-state index contributed by atoms with van der Waals surface area (Å²) < 4.78 is 10.2. The first kappa shape index (κ1) is 12.6. The van der Waals surface area contributed by atoms with Gasteiger partial charge in [0.05, 0.1) is 26.7 Å².